The largest absolute Gasteiger partial charge is 0.351 e. The quantitative estimate of drug-likeness (QED) is 0.664. The van der Waals surface area contributed by atoms with Gasteiger partial charge in [0.2, 0.25) is 5.91 Å². The zero-order chi connectivity index (χ0) is 19.2. The minimum Gasteiger partial charge on any atom is -0.351 e. The lowest BCUT2D eigenvalue weighted by molar-refractivity contribution is -0.127. The van der Waals surface area contributed by atoms with Crippen molar-refractivity contribution in [3.8, 4) is 0 Å². The van der Waals surface area contributed by atoms with Gasteiger partial charge in [0.15, 0.2) is 0 Å². The van der Waals surface area contributed by atoms with E-state index in [9.17, 15) is 9.59 Å². The monoisotopic (exact) mass is 438 g/mol. The molecule has 4 fully saturated rings. The maximum atomic E-state index is 12.9. The number of nitrogens with zero attached hydrogens (tertiary/aromatic N) is 1. The Balaban J connectivity index is 1.42. The smallest absolute Gasteiger partial charge is 0.234 e. The molecule has 152 valence electrons. The van der Waals surface area contributed by atoms with Crippen LogP contribution >= 0.6 is 15.9 Å². The Morgan fingerprint density at radius 1 is 1.15 bits per heavy atom. The number of likely N-dealkylation sites (tertiary alicyclic amines) is 1. The van der Waals surface area contributed by atoms with Crippen molar-refractivity contribution < 1.29 is 9.59 Å². The second-order valence-electron chi connectivity index (χ2n) is 10.4. The van der Waals surface area contributed by atoms with Gasteiger partial charge in [-0.1, -0.05) is 29.8 Å². The average Bonchev–Trinajstić information content (AvgIpc) is 3.37. The van der Waals surface area contributed by atoms with Gasteiger partial charge >= 0.3 is 0 Å². The number of carbonyl (C=O) groups excluding carboxylic acids is 2. The lowest BCUT2D eigenvalue weighted by Crippen LogP contribution is -2.51. The van der Waals surface area contributed by atoms with Gasteiger partial charge in [0.25, 0.3) is 0 Å². The van der Waals surface area contributed by atoms with E-state index >= 15 is 0 Å². The van der Waals surface area contributed by atoms with E-state index in [1.807, 2.05) is 0 Å². The molecule has 1 heterocycles. The number of amides is 1. The zero-order valence-electron chi connectivity index (χ0n) is 16.9. The summed E-state index contributed by atoms with van der Waals surface area (Å²) >= 11 is 3.80. The SMILES string of the molecule is CC1(C)CCCN(CC(=O)NC2C(C(=O)C3CC3)CC3CCC(Br)CC32)C1. The molecule has 3 saturated carbocycles. The van der Waals surface area contributed by atoms with Crippen LogP contribution in [0.4, 0.5) is 0 Å². The molecule has 5 heteroatoms. The Hall–Kier alpha value is -0.420. The summed E-state index contributed by atoms with van der Waals surface area (Å²) in [5, 5.41) is 3.36. The number of alkyl halides is 1. The fourth-order valence-electron chi connectivity index (χ4n) is 6.00. The molecule has 0 radical (unpaired) electrons. The molecule has 1 N–H and O–H groups in total. The molecule has 27 heavy (non-hydrogen) atoms. The van der Waals surface area contributed by atoms with Gasteiger partial charge in [-0.2, -0.15) is 0 Å². The van der Waals surface area contributed by atoms with Crippen LogP contribution in [-0.2, 0) is 9.59 Å². The molecule has 0 bridgehead atoms. The second kappa shape index (κ2) is 7.78. The Labute approximate surface area is 172 Å². The van der Waals surface area contributed by atoms with Crippen LogP contribution < -0.4 is 5.32 Å². The molecular weight excluding hydrogens is 404 g/mol. The normalized spacial score (nSPS) is 39.0. The number of carbonyl (C=O) groups is 2. The van der Waals surface area contributed by atoms with E-state index in [4.69, 9.17) is 0 Å². The summed E-state index contributed by atoms with van der Waals surface area (Å²) in [6, 6.07) is 0.0637. The summed E-state index contributed by atoms with van der Waals surface area (Å²) in [5.74, 6) is 2.01. The van der Waals surface area contributed by atoms with Crippen molar-refractivity contribution in [1.82, 2.24) is 10.2 Å². The van der Waals surface area contributed by atoms with Gasteiger partial charge < -0.3 is 5.32 Å². The number of hydrogen-bond acceptors (Lipinski definition) is 3. The van der Waals surface area contributed by atoms with E-state index in [2.05, 4.69) is 40.0 Å². The molecule has 1 aliphatic heterocycles. The van der Waals surface area contributed by atoms with E-state index in [1.54, 1.807) is 0 Å². The first-order valence-electron chi connectivity index (χ1n) is 11.0. The van der Waals surface area contributed by atoms with Crippen molar-refractivity contribution in [2.45, 2.75) is 76.1 Å². The predicted molar refractivity (Wildman–Crippen MR) is 111 cm³/mol. The molecule has 0 spiro atoms. The van der Waals surface area contributed by atoms with Crippen molar-refractivity contribution in [3.05, 3.63) is 0 Å². The number of halogens is 1. The van der Waals surface area contributed by atoms with Crippen LogP contribution in [0.25, 0.3) is 0 Å². The van der Waals surface area contributed by atoms with Crippen LogP contribution in [-0.4, -0.2) is 47.1 Å². The highest BCUT2D eigenvalue weighted by Gasteiger charge is 2.51. The first-order valence-corrected chi connectivity index (χ1v) is 11.9. The molecule has 0 aromatic carbocycles. The van der Waals surface area contributed by atoms with Crippen LogP contribution in [0.2, 0.25) is 0 Å². The Bertz CT molecular complexity index is 589. The molecule has 0 aromatic heterocycles. The lowest BCUT2D eigenvalue weighted by atomic mass is 9.80. The van der Waals surface area contributed by atoms with Crippen molar-refractivity contribution in [3.63, 3.8) is 0 Å². The maximum Gasteiger partial charge on any atom is 0.234 e. The topological polar surface area (TPSA) is 49.4 Å². The van der Waals surface area contributed by atoms with Gasteiger partial charge in [-0.15, -0.1) is 0 Å². The van der Waals surface area contributed by atoms with Gasteiger partial charge in [-0.05, 0) is 75.2 Å². The number of ketones is 1. The molecule has 4 nitrogen and oxygen atoms in total. The molecule has 5 atom stereocenters. The molecule has 0 aromatic rings. The number of hydrogen-bond donors (Lipinski definition) is 1. The van der Waals surface area contributed by atoms with E-state index in [-0.39, 0.29) is 23.8 Å². The minimum atomic E-state index is 0.0621. The Morgan fingerprint density at radius 2 is 1.93 bits per heavy atom. The Morgan fingerprint density at radius 3 is 2.63 bits per heavy atom. The first-order chi connectivity index (χ1) is 12.8. The van der Waals surface area contributed by atoms with Crippen LogP contribution in [0.15, 0.2) is 0 Å². The molecule has 4 rings (SSSR count). The van der Waals surface area contributed by atoms with Gasteiger partial charge in [0, 0.05) is 29.2 Å². The third-order valence-corrected chi connectivity index (χ3v) is 8.29. The standard InChI is InChI=1S/C22H35BrN2O2/c1-22(2)8-3-9-25(13-22)12-19(26)24-20-17-11-16(23)7-6-15(17)10-18(20)21(27)14-4-5-14/h14-18,20H,3-13H2,1-2H3,(H,24,26). The molecule has 1 saturated heterocycles. The summed E-state index contributed by atoms with van der Waals surface area (Å²) < 4.78 is 0. The van der Waals surface area contributed by atoms with Gasteiger partial charge in [-0.3, -0.25) is 14.5 Å². The highest BCUT2D eigenvalue weighted by Crippen LogP contribution is 2.49. The van der Waals surface area contributed by atoms with Gasteiger partial charge in [-0.25, -0.2) is 0 Å². The summed E-state index contributed by atoms with van der Waals surface area (Å²) in [6.07, 6.45) is 9.04. The third kappa shape index (κ3) is 4.60. The van der Waals surface area contributed by atoms with E-state index < -0.39 is 0 Å². The van der Waals surface area contributed by atoms with E-state index in [0.717, 1.165) is 38.8 Å². The number of nitrogens with one attached hydrogen (secondary N) is 1. The van der Waals surface area contributed by atoms with E-state index in [0.29, 0.717) is 34.4 Å². The summed E-state index contributed by atoms with van der Waals surface area (Å²) in [7, 11) is 0. The lowest BCUT2D eigenvalue weighted by Gasteiger charge is -2.38. The number of piperidine rings is 1. The summed E-state index contributed by atoms with van der Waals surface area (Å²) in [5.41, 5.74) is 0.300. The highest BCUT2D eigenvalue weighted by molar-refractivity contribution is 9.09. The van der Waals surface area contributed by atoms with Crippen molar-refractivity contribution in [2.24, 2.45) is 29.1 Å². The fraction of sp³-hybridized carbons (Fsp3) is 0.909. The summed E-state index contributed by atoms with van der Waals surface area (Å²) in [6.45, 7) is 7.08. The molecule has 4 aliphatic rings. The zero-order valence-corrected chi connectivity index (χ0v) is 18.5. The van der Waals surface area contributed by atoms with Gasteiger partial charge in [0.05, 0.1) is 6.54 Å². The highest BCUT2D eigenvalue weighted by atomic mass is 79.9. The van der Waals surface area contributed by atoms with Crippen LogP contribution in [0, 0.1) is 29.1 Å². The predicted octanol–water partition coefficient (Wildman–Crippen LogP) is 3.77. The van der Waals surface area contributed by atoms with Crippen LogP contribution in [0.5, 0.6) is 0 Å². The van der Waals surface area contributed by atoms with Crippen molar-refractivity contribution >= 4 is 27.6 Å². The number of Topliss-reactive ketones (excluding diaryl/α,β-unsaturated/α-hetero) is 1. The van der Waals surface area contributed by atoms with Crippen LogP contribution in [0.1, 0.15) is 65.2 Å². The summed E-state index contributed by atoms with van der Waals surface area (Å²) in [4.78, 5) is 28.7. The molecule has 3 aliphatic carbocycles. The molecule has 1 amide bonds. The number of rotatable bonds is 5. The molecule has 5 unspecified atom stereocenters. The Kier molecular flexibility index (Phi) is 5.73. The molecular formula is C22H35BrN2O2. The second-order valence-corrected chi connectivity index (χ2v) is 11.7. The third-order valence-electron chi connectivity index (χ3n) is 7.46. The van der Waals surface area contributed by atoms with Crippen molar-refractivity contribution in [1.29, 1.82) is 0 Å². The first kappa shape index (κ1) is 19.9. The maximum absolute atomic E-state index is 12.9. The minimum absolute atomic E-state index is 0.0621. The van der Waals surface area contributed by atoms with Crippen LogP contribution in [0.3, 0.4) is 0 Å². The number of fused-ring (bicyclic) bond motifs is 1. The fourth-order valence-corrected chi connectivity index (χ4v) is 6.70. The van der Waals surface area contributed by atoms with Crippen molar-refractivity contribution in [2.75, 3.05) is 19.6 Å². The van der Waals surface area contributed by atoms with Gasteiger partial charge in [0.1, 0.15) is 5.78 Å². The van der Waals surface area contributed by atoms with E-state index in [1.165, 1.54) is 25.7 Å². The average molecular weight is 439 g/mol.